The molecule has 0 aliphatic heterocycles. The molecular formula is C29H29N7O4. The number of benzene rings is 3. The zero-order valence-corrected chi connectivity index (χ0v) is 21.9. The van der Waals surface area contributed by atoms with Gasteiger partial charge < -0.3 is 14.8 Å². The summed E-state index contributed by atoms with van der Waals surface area (Å²) in [7, 11) is 1.60. The van der Waals surface area contributed by atoms with Crippen LogP contribution in [0.4, 0.5) is 11.5 Å². The summed E-state index contributed by atoms with van der Waals surface area (Å²) in [5.74, 6) is 2.18. The number of unbranched alkanes of at least 4 members (excludes halogenated alkanes) is 2. The number of fused-ring (bicyclic) bond motifs is 1. The van der Waals surface area contributed by atoms with E-state index in [0.717, 1.165) is 46.4 Å². The zero-order chi connectivity index (χ0) is 27.7. The Bertz CT molecular complexity index is 1590. The van der Waals surface area contributed by atoms with Gasteiger partial charge in [-0.2, -0.15) is 0 Å². The van der Waals surface area contributed by atoms with Crippen LogP contribution in [0.15, 0.2) is 79.3 Å². The van der Waals surface area contributed by atoms with Gasteiger partial charge in [0.1, 0.15) is 23.6 Å². The van der Waals surface area contributed by atoms with Crippen molar-refractivity contribution in [3.05, 3.63) is 79.3 Å². The summed E-state index contributed by atoms with van der Waals surface area (Å²) < 4.78 is 13.3. The fourth-order valence-corrected chi connectivity index (χ4v) is 4.23. The minimum atomic E-state index is -0.370. The molecule has 0 bridgehead atoms. The molecule has 3 N–H and O–H groups in total. The van der Waals surface area contributed by atoms with E-state index in [-0.39, 0.29) is 5.91 Å². The maximum Gasteiger partial charge on any atom is 0.243 e. The van der Waals surface area contributed by atoms with Gasteiger partial charge >= 0.3 is 0 Å². The van der Waals surface area contributed by atoms with Crippen LogP contribution in [0, 0.1) is 0 Å². The smallest absolute Gasteiger partial charge is 0.243 e. The first-order valence-corrected chi connectivity index (χ1v) is 12.9. The van der Waals surface area contributed by atoms with Gasteiger partial charge in [0, 0.05) is 35.7 Å². The Hall–Kier alpha value is -5.03. The molecule has 5 rings (SSSR count). The molecule has 2 heterocycles. The molecule has 11 heteroatoms. The Morgan fingerprint density at radius 1 is 0.975 bits per heavy atom. The fraction of sp³-hybridized carbons (Fsp3) is 0.207. The van der Waals surface area contributed by atoms with Gasteiger partial charge in [-0.15, -0.1) is 5.10 Å². The minimum Gasteiger partial charge on any atom is -0.493 e. The van der Waals surface area contributed by atoms with Gasteiger partial charge in [-0.1, -0.05) is 35.9 Å². The predicted octanol–water partition coefficient (Wildman–Crippen LogP) is 5.50. The van der Waals surface area contributed by atoms with Crippen LogP contribution in [0.3, 0.4) is 0 Å². The van der Waals surface area contributed by atoms with E-state index in [1.807, 2.05) is 72.9 Å². The van der Waals surface area contributed by atoms with Crippen LogP contribution in [0.25, 0.3) is 22.2 Å². The Labute approximate surface area is 230 Å². The normalized spacial score (nSPS) is 10.8. The van der Waals surface area contributed by atoms with Crippen molar-refractivity contribution in [3.8, 4) is 28.5 Å². The van der Waals surface area contributed by atoms with Crippen LogP contribution in [0.2, 0.25) is 0 Å². The lowest BCUT2D eigenvalue weighted by molar-refractivity contribution is -0.129. The number of ether oxygens (including phenoxy) is 2. The summed E-state index contributed by atoms with van der Waals surface area (Å²) in [4.78, 5) is 20.0. The molecule has 3 aromatic carbocycles. The lowest BCUT2D eigenvalue weighted by Gasteiger charge is -2.13. The third-order valence-corrected chi connectivity index (χ3v) is 6.28. The third kappa shape index (κ3) is 6.51. The molecule has 0 spiro atoms. The summed E-state index contributed by atoms with van der Waals surface area (Å²) in [6.07, 6.45) is 6.11. The second kappa shape index (κ2) is 12.7. The van der Waals surface area contributed by atoms with Gasteiger partial charge in [-0.3, -0.25) is 14.7 Å². The van der Waals surface area contributed by atoms with E-state index in [4.69, 9.17) is 14.7 Å². The summed E-state index contributed by atoms with van der Waals surface area (Å²) in [6, 6.07) is 21.0. The molecule has 0 aliphatic rings. The number of carbonyl (C=O) groups excluding carboxylic acids is 1. The lowest BCUT2D eigenvalue weighted by Crippen LogP contribution is -2.17. The highest BCUT2D eigenvalue weighted by Crippen LogP contribution is 2.35. The number of methoxy groups -OCH3 is 1. The van der Waals surface area contributed by atoms with Crippen LogP contribution < -0.4 is 20.3 Å². The van der Waals surface area contributed by atoms with Crippen molar-refractivity contribution in [2.45, 2.75) is 32.2 Å². The number of nitrogens with one attached hydrogen (secondary N) is 2. The van der Waals surface area contributed by atoms with Crippen LogP contribution in [-0.4, -0.2) is 43.2 Å². The summed E-state index contributed by atoms with van der Waals surface area (Å²) in [5.41, 5.74) is 4.85. The highest BCUT2D eigenvalue weighted by molar-refractivity contribution is 5.93. The van der Waals surface area contributed by atoms with Crippen LogP contribution in [-0.2, 0) is 11.3 Å². The number of rotatable bonds is 12. The first-order valence-electron chi connectivity index (χ1n) is 12.9. The molecule has 0 aliphatic carbocycles. The number of nitrogens with zero attached hydrogens (tertiary/aromatic N) is 5. The number of aryl methyl sites for hydroxylation is 1. The number of hydroxylamine groups is 1. The number of para-hydroxylation sites is 1. The largest absolute Gasteiger partial charge is 0.493 e. The molecule has 204 valence electrons. The van der Waals surface area contributed by atoms with E-state index >= 15 is 0 Å². The van der Waals surface area contributed by atoms with Crippen molar-refractivity contribution in [3.63, 3.8) is 0 Å². The average Bonchev–Trinajstić information content (AvgIpc) is 3.47. The third-order valence-electron chi connectivity index (χ3n) is 6.28. The maximum atomic E-state index is 11.1. The molecule has 11 nitrogen and oxygen atoms in total. The SMILES string of the molecule is COc1cc(Nc2ncnc3ccc(-c4cn(CCCCCC(=O)NO)nn4)cc23)ccc1Oc1ccccc1. The van der Waals surface area contributed by atoms with Crippen molar-refractivity contribution in [1.82, 2.24) is 30.4 Å². The number of carbonyl (C=O) groups is 1. The molecule has 1 amide bonds. The van der Waals surface area contributed by atoms with E-state index in [9.17, 15) is 4.79 Å². The summed E-state index contributed by atoms with van der Waals surface area (Å²) in [5, 5.41) is 21.4. The van der Waals surface area contributed by atoms with Crippen molar-refractivity contribution in [2.24, 2.45) is 0 Å². The molecule has 2 aromatic heterocycles. The van der Waals surface area contributed by atoms with Gasteiger partial charge in [0.2, 0.25) is 5.91 Å². The van der Waals surface area contributed by atoms with Gasteiger partial charge in [-0.25, -0.2) is 15.4 Å². The van der Waals surface area contributed by atoms with Gasteiger partial charge in [0.25, 0.3) is 0 Å². The van der Waals surface area contributed by atoms with Crippen molar-refractivity contribution < 1.29 is 19.5 Å². The van der Waals surface area contributed by atoms with E-state index < -0.39 is 0 Å². The molecule has 0 atom stereocenters. The first-order chi connectivity index (χ1) is 19.6. The second-order valence-electron chi connectivity index (χ2n) is 9.07. The van der Waals surface area contributed by atoms with Crippen molar-refractivity contribution in [2.75, 3.05) is 12.4 Å². The Morgan fingerprint density at radius 2 is 1.85 bits per heavy atom. The maximum absolute atomic E-state index is 11.1. The quantitative estimate of drug-likeness (QED) is 0.107. The molecule has 0 unspecified atom stereocenters. The van der Waals surface area contributed by atoms with E-state index in [0.29, 0.717) is 36.7 Å². The number of hydrogen-bond donors (Lipinski definition) is 3. The molecule has 5 aromatic rings. The molecular weight excluding hydrogens is 510 g/mol. The zero-order valence-electron chi connectivity index (χ0n) is 21.9. The van der Waals surface area contributed by atoms with Crippen molar-refractivity contribution >= 4 is 28.3 Å². The first kappa shape index (κ1) is 26.6. The monoisotopic (exact) mass is 539 g/mol. The standard InChI is InChI=1S/C29H29N7O4/c1-39-27-17-21(12-14-26(27)40-22-8-4-2-5-9-22)32-29-23-16-20(11-13-24(23)30-19-31-29)25-18-36(35-33-25)15-7-3-6-10-28(37)34-38/h2,4-5,8-9,11-14,16-19,38H,3,6-7,10,15H2,1H3,(H,34,37)(H,30,31,32). The number of amides is 1. The van der Waals surface area contributed by atoms with E-state index in [2.05, 4.69) is 25.6 Å². The molecule has 0 saturated carbocycles. The Morgan fingerprint density at radius 3 is 2.67 bits per heavy atom. The van der Waals surface area contributed by atoms with Gasteiger partial charge in [-0.05, 0) is 49.2 Å². The Balaban J connectivity index is 1.30. The number of hydrogen-bond acceptors (Lipinski definition) is 9. The highest BCUT2D eigenvalue weighted by atomic mass is 16.5. The predicted molar refractivity (Wildman–Crippen MR) is 150 cm³/mol. The fourth-order valence-electron chi connectivity index (χ4n) is 4.23. The van der Waals surface area contributed by atoms with Crippen LogP contribution >= 0.6 is 0 Å². The average molecular weight is 540 g/mol. The van der Waals surface area contributed by atoms with E-state index in [1.54, 1.807) is 17.3 Å². The molecule has 0 saturated heterocycles. The topological polar surface area (TPSA) is 136 Å². The second-order valence-corrected chi connectivity index (χ2v) is 9.07. The number of anilines is 2. The minimum absolute atomic E-state index is 0.299. The van der Waals surface area contributed by atoms with E-state index in [1.165, 1.54) is 6.33 Å². The summed E-state index contributed by atoms with van der Waals surface area (Å²) >= 11 is 0. The lowest BCUT2D eigenvalue weighted by atomic mass is 10.1. The highest BCUT2D eigenvalue weighted by Gasteiger charge is 2.12. The Kier molecular flexibility index (Phi) is 8.42. The summed E-state index contributed by atoms with van der Waals surface area (Å²) in [6.45, 7) is 0.684. The van der Waals surface area contributed by atoms with Crippen LogP contribution in [0.5, 0.6) is 17.2 Å². The molecule has 0 radical (unpaired) electrons. The molecule has 0 fully saturated rings. The van der Waals surface area contributed by atoms with Crippen LogP contribution in [0.1, 0.15) is 25.7 Å². The van der Waals surface area contributed by atoms with Gasteiger partial charge in [0.05, 0.1) is 18.8 Å². The number of aromatic nitrogens is 5. The van der Waals surface area contributed by atoms with Gasteiger partial charge in [0.15, 0.2) is 11.5 Å². The molecule has 40 heavy (non-hydrogen) atoms. The van der Waals surface area contributed by atoms with Crippen molar-refractivity contribution in [1.29, 1.82) is 0 Å².